The van der Waals surface area contributed by atoms with Crippen LogP contribution in [-0.4, -0.2) is 11.8 Å². The fraction of sp³-hybridized carbons (Fsp3) is 0.0526. The third kappa shape index (κ3) is 3.24. The first-order chi connectivity index (χ1) is 11.6. The highest BCUT2D eigenvalue weighted by atomic mass is 35.5. The highest BCUT2D eigenvalue weighted by molar-refractivity contribution is 6.31. The molecule has 0 aromatic heterocycles. The van der Waals surface area contributed by atoms with Gasteiger partial charge in [-0.1, -0.05) is 65.3 Å². The highest BCUT2D eigenvalue weighted by Gasteiger charge is 2.12. The number of hydrogen-bond donors (Lipinski definition) is 1. The maximum Gasteiger partial charge on any atom is 0.366 e. The van der Waals surface area contributed by atoms with Crippen LogP contribution in [0.4, 0.5) is 0 Å². The van der Waals surface area contributed by atoms with E-state index in [0.29, 0.717) is 16.1 Å². The average molecular weight is 339 g/mol. The summed E-state index contributed by atoms with van der Waals surface area (Å²) in [6.07, 6.45) is 0. The second-order valence-corrected chi connectivity index (χ2v) is 5.75. The zero-order valence-electron chi connectivity index (χ0n) is 13.0. The molecule has 0 aliphatic heterocycles. The van der Waals surface area contributed by atoms with Gasteiger partial charge in [0.1, 0.15) is 0 Å². The van der Waals surface area contributed by atoms with E-state index >= 15 is 0 Å². The van der Waals surface area contributed by atoms with E-state index in [1.165, 1.54) is 0 Å². The van der Waals surface area contributed by atoms with Crippen LogP contribution in [0.15, 0.2) is 65.8 Å². The molecule has 0 aliphatic carbocycles. The fourth-order valence-electron chi connectivity index (χ4n) is 2.35. The van der Waals surface area contributed by atoms with E-state index in [-0.39, 0.29) is 5.84 Å². The minimum Gasteiger partial charge on any atom is -0.380 e. The maximum absolute atomic E-state index is 12.3. The Morgan fingerprint density at radius 3 is 2.62 bits per heavy atom. The predicted molar refractivity (Wildman–Crippen MR) is 96.3 cm³/mol. The molecule has 5 heteroatoms. The van der Waals surface area contributed by atoms with Crippen LogP contribution in [-0.2, 0) is 4.84 Å². The molecule has 3 aromatic rings. The molecule has 3 aromatic carbocycles. The predicted octanol–water partition coefficient (Wildman–Crippen LogP) is 4.28. The summed E-state index contributed by atoms with van der Waals surface area (Å²) in [5.41, 5.74) is 7.83. The monoisotopic (exact) mass is 338 g/mol. The summed E-state index contributed by atoms with van der Waals surface area (Å²) < 4.78 is 0. The number of aryl methyl sites for hydroxylation is 1. The van der Waals surface area contributed by atoms with Gasteiger partial charge in [0.25, 0.3) is 0 Å². The van der Waals surface area contributed by atoms with Crippen molar-refractivity contribution in [1.82, 2.24) is 0 Å². The molecule has 24 heavy (non-hydrogen) atoms. The minimum atomic E-state index is -0.562. The van der Waals surface area contributed by atoms with E-state index in [0.717, 1.165) is 16.3 Å². The number of hydrogen-bond acceptors (Lipinski definition) is 3. The number of rotatable bonds is 3. The van der Waals surface area contributed by atoms with Gasteiger partial charge in [0.2, 0.25) is 0 Å². The van der Waals surface area contributed by atoms with E-state index in [9.17, 15) is 4.79 Å². The largest absolute Gasteiger partial charge is 0.380 e. The van der Waals surface area contributed by atoms with Crippen LogP contribution >= 0.6 is 11.6 Å². The molecular formula is C19H15ClN2O2. The third-order valence-corrected chi connectivity index (χ3v) is 4.11. The lowest BCUT2D eigenvalue weighted by Crippen LogP contribution is -2.15. The van der Waals surface area contributed by atoms with Crippen molar-refractivity contribution in [2.24, 2.45) is 10.9 Å². The van der Waals surface area contributed by atoms with Gasteiger partial charge in [-0.05, 0) is 35.4 Å². The Labute approximate surface area is 144 Å². The maximum atomic E-state index is 12.3. The lowest BCUT2D eigenvalue weighted by atomic mass is 10.1. The van der Waals surface area contributed by atoms with Gasteiger partial charge in [0.05, 0.1) is 5.56 Å². The quantitative estimate of drug-likeness (QED) is 0.335. The summed E-state index contributed by atoms with van der Waals surface area (Å²) in [6.45, 7) is 1.89. The van der Waals surface area contributed by atoms with Gasteiger partial charge >= 0.3 is 5.97 Å². The highest BCUT2D eigenvalue weighted by Crippen LogP contribution is 2.20. The van der Waals surface area contributed by atoms with Crippen LogP contribution in [0.5, 0.6) is 0 Å². The Morgan fingerprint density at radius 1 is 1.08 bits per heavy atom. The molecule has 2 N–H and O–H groups in total. The van der Waals surface area contributed by atoms with Crippen molar-refractivity contribution in [2.45, 2.75) is 6.92 Å². The Bertz CT molecular complexity index is 946. The standard InChI is InChI=1S/C19H15ClN2O2/c1-12-9-10-14(11-17(12)20)18(21)22-24-19(23)16-8-4-6-13-5-2-3-7-15(13)16/h2-11H,1H3,(H2,21,22). The third-order valence-electron chi connectivity index (χ3n) is 3.70. The summed E-state index contributed by atoms with van der Waals surface area (Å²) in [6, 6.07) is 18.3. The first-order valence-corrected chi connectivity index (χ1v) is 7.73. The molecule has 4 nitrogen and oxygen atoms in total. The van der Waals surface area contributed by atoms with Crippen LogP contribution in [0.3, 0.4) is 0 Å². The number of benzene rings is 3. The number of nitrogens with two attached hydrogens (primary N) is 1. The number of amidine groups is 1. The topological polar surface area (TPSA) is 64.7 Å². The Morgan fingerprint density at radius 2 is 1.83 bits per heavy atom. The zero-order chi connectivity index (χ0) is 17.1. The molecule has 0 saturated heterocycles. The molecule has 0 aliphatic rings. The number of halogens is 1. The molecule has 0 fully saturated rings. The first kappa shape index (κ1) is 16.0. The summed E-state index contributed by atoms with van der Waals surface area (Å²) in [4.78, 5) is 17.3. The molecule has 3 rings (SSSR count). The van der Waals surface area contributed by atoms with E-state index in [1.54, 1.807) is 24.3 Å². The Balaban J connectivity index is 1.85. The molecular weight excluding hydrogens is 324 g/mol. The summed E-state index contributed by atoms with van der Waals surface area (Å²) in [5.74, 6) is -0.474. The van der Waals surface area contributed by atoms with Crippen LogP contribution in [0, 0.1) is 6.92 Å². The van der Waals surface area contributed by atoms with Crippen molar-refractivity contribution >= 4 is 34.2 Å². The van der Waals surface area contributed by atoms with Crippen molar-refractivity contribution in [3.63, 3.8) is 0 Å². The summed E-state index contributed by atoms with van der Waals surface area (Å²) in [5, 5.41) is 6.07. The lowest BCUT2D eigenvalue weighted by Gasteiger charge is -2.05. The van der Waals surface area contributed by atoms with Gasteiger partial charge in [0, 0.05) is 10.6 Å². The van der Waals surface area contributed by atoms with Crippen LogP contribution in [0.2, 0.25) is 5.02 Å². The number of carbonyl (C=O) groups is 1. The van der Waals surface area contributed by atoms with Crippen LogP contribution < -0.4 is 5.73 Å². The van der Waals surface area contributed by atoms with Crippen molar-refractivity contribution in [3.05, 3.63) is 82.4 Å². The molecule has 0 unspecified atom stereocenters. The van der Waals surface area contributed by atoms with E-state index in [1.807, 2.05) is 43.3 Å². The molecule has 0 atom stereocenters. The van der Waals surface area contributed by atoms with E-state index < -0.39 is 5.97 Å². The Kier molecular flexibility index (Phi) is 4.49. The summed E-state index contributed by atoms with van der Waals surface area (Å²) in [7, 11) is 0. The second kappa shape index (κ2) is 6.72. The van der Waals surface area contributed by atoms with Crippen molar-refractivity contribution in [3.8, 4) is 0 Å². The van der Waals surface area contributed by atoms with Gasteiger partial charge in [0.15, 0.2) is 5.84 Å². The lowest BCUT2D eigenvalue weighted by molar-refractivity contribution is 0.0518. The smallest absolute Gasteiger partial charge is 0.366 e. The number of oxime groups is 1. The van der Waals surface area contributed by atoms with E-state index in [4.69, 9.17) is 22.2 Å². The minimum absolute atomic E-state index is 0.0884. The fourth-order valence-corrected chi connectivity index (χ4v) is 2.53. The average Bonchev–Trinajstić information content (AvgIpc) is 2.61. The molecule has 120 valence electrons. The normalized spacial score (nSPS) is 11.5. The molecule has 0 radical (unpaired) electrons. The Hall–Kier alpha value is -2.85. The van der Waals surface area contributed by atoms with Gasteiger partial charge in [-0.25, -0.2) is 4.79 Å². The second-order valence-electron chi connectivity index (χ2n) is 5.35. The molecule has 0 bridgehead atoms. The van der Waals surface area contributed by atoms with Gasteiger partial charge < -0.3 is 10.6 Å². The number of nitrogens with zero attached hydrogens (tertiary/aromatic N) is 1. The molecule has 0 saturated carbocycles. The van der Waals surface area contributed by atoms with Crippen molar-refractivity contribution in [2.75, 3.05) is 0 Å². The van der Waals surface area contributed by atoms with Crippen molar-refractivity contribution < 1.29 is 9.63 Å². The molecule has 0 heterocycles. The number of carbonyl (C=O) groups excluding carboxylic acids is 1. The van der Waals surface area contributed by atoms with E-state index in [2.05, 4.69) is 5.16 Å². The van der Waals surface area contributed by atoms with Gasteiger partial charge in [-0.3, -0.25) is 0 Å². The van der Waals surface area contributed by atoms with Gasteiger partial charge in [-0.15, -0.1) is 0 Å². The first-order valence-electron chi connectivity index (χ1n) is 7.35. The van der Waals surface area contributed by atoms with Crippen LogP contribution in [0.25, 0.3) is 10.8 Å². The van der Waals surface area contributed by atoms with Crippen LogP contribution in [0.1, 0.15) is 21.5 Å². The summed E-state index contributed by atoms with van der Waals surface area (Å²) >= 11 is 6.06. The molecule has 0 amide bonds. The van der Waals surface area contributed by atoms with Gasteiger partial charge in [-0.2, -0.15) is 0 Å². The number of fused-ring (bicyclic) bond motifs is 1. The SMILES string of the molecule is Cc1ccc(/C(N)=N\OC(=O)c2cccc3ccccc23)cc1Cl. The zero-order valence-corrected chi connectivity index (χ0v) is 13.7. The van der Waals surface area contributed by atoms with Crippen molar-refractivity contribution in [1.29, 1.82) is 0 Å². The molecule has 0 spiro atoms.